The average molecular weight is 342 g/mol. The number of nitro groups is 1. The molecule has 0 aliphatic heterocycles. The Hall–Kier alpha value is -1.47. The Labute approximate surface area is 123 Å². The molecule has 1 heterocycles. The van der Waals surface area contributed by atoms with Crippen molar-refractivity contribution in [3.8, 4) is 0 Å². The van der Waals surface area contributed by atoms with Crippen LogP contribution in [0.4, 0.5) is 11.4 Å². The van der Waals surface area contributed by atoms with Crippen LogP contribution in [0, 0.1) is 24.0 Å². The number of anilines is 1. The van der Waals surface area contributed by atoms with Gasteiger partial charge in [-0.15, -0.1) is 11.3 Å². The summed E-state index contributed by atoms with van der Waals surface area (Å²) in [7, 11) is 0. The van der Waals surface area contributed by atoms with E-state index in [-0.39, 0.29) is 10.6 Å². The van der Waals surface area contributed by atoms with Gasteiger partial charge in [-0.05, 0) is 35.8 Å². The molecule has 0 atom stereocenters. The summed E-state index contributed by atoms with van der Waals surface area (Å²) < 4.78 is 0.678. The van der Waals surface area contributed by atoms with Crippen molar-refractivity contribution in [1.82, 2.24) is 4.98 Å². The molecule has 0 saturated heterocycles. The summed E-state index contributed by atoms with van der Waals surface area (Å²) in [5.41, 5.74) is 2.53. The normalized spacial score (nSPS) is 10.5. The van der Waals surface area contributed by atoms with Gasteiger partial charge in [0.25, 0.3) is 5.69 Å². The molecule has 1 aromatic carbocycles. The van der Waals surface area contributed by atoms with Gasteiger partial charge in [0.05, 0.1) is 22.2 Å². The number of halogens is 1. The monoisotopic (exact) mass is 341 g/mol. The first kappa shape index (κ1) is 14.0. The number of nitro benzene ring substituents is 1. The first-order valence-corrected chi connectivity index (χ1v) is 7.24. The number of nitrogens with zero attached hydrogens (tertiary/aromatic N) is 2. The maximum absolute atomic E-state index is 10.8. The standard InChI is InChI=1S/C12H12BrN3O2S/c1-7-3-11(10(13)4-12(7)16(17)18)14-5-9-6-19-8(2)15-9/h3-4,6,14H,5H2,1-2H3. The first-order valence-electron chi connectivity index (χ1n) is 5.57. The molecule has 0 aliphatic rings. The van der Waals surface area contributed by atoms with E-state index in [1.807, 2.05) is 12.3 Å². The summed E-state index contributed by atoms with van der Waals surface area (Å²) in [4.78, 5) is 14.8. The second kappa shape index (κ2) is 5.66. The lowest BCUT2D eigenvalue weighted by Crippen LogP contribution is -2.02. The van der Waals surface area contributed by atoms with Gasteiger partial charge in [-0.25, -0.2) is 4.98 Å². The van der Waals surface area contributed by atoms with E-state index in [9.17, 15) is 10.1 Å². The van der Waals surface area contributed by atoms with Crippen molar-refractivity contribution in [3.05, 3.63) is 48.4 Å². The third-order valence-corrected chi connectivity index (χ3v) is 4.09. The van der Waals surface area contributed by atoms with Gasteiger partial charge >= 0.3 is 0 Å². The van der Waals surface area contributed by atoms with Crippen LogP contribution in [-0.2, 0) is 6.54 Å². The zero-order chi connectivity index (χ0) is 14.0. The second-order valence-electron chi connectivity index (χ2n) is 4.09. The molecule has 0 fully saturated rings. The SMILES string of the molecule is Cc1nc(CNc2cc(C)c([N+](=O)[O-])cc2Br)cs1. The van der Waals surface area contributed by atoms with Crippen LogP contribution in [-0.4, -0.2) is 9.91 Å². The van der Waals surface area contributed by atoms with Crippen LogP contribution >= 0.6 is 27.3 Å². The predicted molar refractivity (Wildman–Crippen MR) is 79.7 cm³/mol. The third-order valence-electron chi connectivity index (χ3n) is 2.61. The fraction of sp³-hybridized carbons (Fsp3) is 0.250. The molecular formula is C12H12BrN3O2S. The Morgan fingerprint density at radius 1 is 1.47 bits per heavy atom. The number of hydrogen-bond acceptors (Lipinski definition) is 5. The molecule has 0 saturated carbocycles. The van der Waals surface area contributed by atoms with Crippen molar-refractivity contribution in [2.45, 2.75) is 20.4 Å². The summed E-state index contributed by atoms with van der Waals surface area (Å²) >= 11 is 4.94. The van der Waals surface area contributed by atoms with Gasteiger partial charge in [-0.1, -0.05) is 0 Å². The highest BCUT2D eigenvalue weighted by Gasteiger charge is 2.14. The molecule has 1 aromatic heterocycles. The average Bonchev–Trinajstić information content (AvgIpc) is 2.75. The Balaban J connectivity index is 2.17. The molecule has 2 aromatic rings. The molecule has 5 nitrogen and oxygen atoms in total. The number of aromatic nitrogens is 1. The minimum Gasteiger partial charge on any atom is -0.378 e. The Kier molecular flexibility index (Phi) is 4.16. The number of hydrogen-bond donors (Lipinski definition) is 1. The molecule has 2 rings (SSSR count). The van der Waals surface area contributed by atoms with Gasteiger partial charge in [0.15, 0.2) is 0 Å². The zero-order valence-electron chi connectivity index (χ0n) is 10.4. The van der Waals surface area contributed by atoms with E-state index in [1.54, 1.807) is 24.3 Å². The lowest BCUT2D eigenvalue weighted by Gasteiger charge is -2.08. The maximum Gasteiger partial charge on any atom is 0.273 e. The van der Waals surface area contributed by atoms with E-state index in [0.717, 1.165) is 16.4 Å². The number of benzene rings is 1. The largest absolute Gasteiger partial charge is 0.378 e. The van der Waals surface area contributed by atoms with Crippen LogP contribution in [0.25, 0.3) is 0 Å². The van der Waals surface area contributed by atoms with E-state index >= 15 is 0 Å². The first-order chi connectivity index (χ1) is 8.97. The van der Waals surface area contributed by atoms with Crippen LogP contribution in [0.1, 0.15) is 16.3 Å². The molecule has 1 N–H and O–H groups in total. The highest BCUT2D eigenvalue weighted by Crippen LogP contribution is 2.30. The van der Waals surface area contributed by atoms with Crippen LogP contribution in [0.15, 0.2) is 22.0 Å². The molecule has 0 amide bonds. The minimum absolute atomic E-state index is 0.113. The van der Waals surface area contributed by atoms with E-state index in [2.05, 4.69) is 26.2 Å². The lowest BCUT2D eigenvalue weighted by molar-refractivity contribution is -0.385. The summed E-state index contributed by atoms with van der Waals surface area (Å²) in [6.07, 6.45) is 0. The quantitative estimate of drug-likeness (QED) is 0.672. The Morgan fingerprint density at radius 2 is 2.21 bits per heavy atom. The van der Waals surface area contributed by atoms with E-state index < -0.39 is 0 Å². The fourth-order valence-electron chi connectivity index (χ4n) is 1.68. The van der Waals surface area contributed by atoms with Crippen molar-refractivity contribution in [2.24, 2.45) is 0 Å². The second-order valence-corrected chi connectivity index (χ2v) is 6.00. The number of nitrogens with one attached hydrogen (secondary N) is 1. The Morgan fingerprint density at radius 3 is 2.79 bits per heavy atom. The van der Waals surface area contributed by atoms with Crippen molar-refractivity contribution < 1.29 is 4.92 Å². The summed E-state index contributed by atoms with van der Waals surface area (Å²) in [6, 6.07) is 3.28. The molecule has 19 heavy (non-hydrogen) atoms. The molecule has 0 spiro atoms. The Bertz CT molecular complexity index is 627. The van der Waals surface area contributed by atoms with Crippen LogP contribution in [0.3, 0.4) is 0 Å². The molecule has 0 radical (unpaired) electrons. The molecule has 0 unspecified atom stereocenters. The van der Waals surface area contributed by atoms with Gasteiger partial charge < -0.3 is 5.32 Å². The fourth-order valence-corrected chi connectivity index (χ4v) is 2.76. The summed E-state index contributed by atoms with van der Waals surface area (Å²) in [6.45, 7) is 4.28. The van der Waals surface area contributed by atoms with Crippen molar-refractivity contribution in [1.29, 1.82) is 0 Å². The number of rotatable bonds is 4. The highest BCUT2D eigenvalue weighted by molar-refractivity contribution is 9.10. The van der Waals surface area contributed by atoms with Gasteiger partial charge in [0.1, 0.15) is 0 Å². The maximum atomic E-state index is 10.8. The topological polar surface area (TPSA) is 68.1 Å². The van der Waals surface area contributed by atoms with Gasteiger partial charge in [0, 0.05) is 27.2 Å². The van der Waals surface area contributed by atoms with Crippen molar-refractivity contribution >= 4 is 38.6 Å². The molecule has 100 valence electrons. The van der Waals surface area contributed by atoms with Crippen LogP contribution < -0.4 is 5.32 Å². The predicted octanol–water partition coefficient (Wildman–Crippen LogP) is 4.04. The van der Waals surface area contributed by atoms with Crippen molar-refractivity contribution in [3.63, 3.8) is 0 Å². The van der Waals surface area contributed by atoms with Gasteiger partial charge in [-0.2, -0.15) is 0 Å². The lowest BCUT2D eigenvalue weighted by atomic mass is 10.2. The van der Waals surface area contributed by atoms with Crippen molar-refractivity contribution in [2.75, 3.05) is 5.32 Å². The number of aryl methyl sites for hydroxylation is 2. The van der Waals surface area contributed by atoms with E-state index in [4.69, 9.17) is 0 Å². The van der Waals surface area contributed by atoms with Gasteiger partial charge in [0.2, 0.25) is 0 Å². The molecular weight excluding hydrogens is 330 g/mol. The smallest absolute Gasteiger partial charge is 0.273 e. The van der Waals surface area contributed by atoms with E-state index in [1.165, 1.54) is 6.07 Å². The zero-order valence-corrected chi connectivity index (χ0v) is 12.8. The van der Waals surface area contributed by atoms with E-state index in [0.29, 0.717) is 16.6 Å². The molecule has 7 heteroatoms. The van der Waals surface area contributed by atoms with Gasteiger partial charge in [-0.3, -0.25) is 10.1 Å². The highest BCUT2D eigenvalue weighted by atomic mass is 79.9. The van der Waals surface area contributed by atoms with Crippen LogP contribution in [0.5, 0.6) is 0 Å². The summed E-state index contributed by atoms with van der Waals surface area (Å²) in [5.74, 6) is 0. The molecule has 0 bridgehead atoms. The van der Waals surface area contributed by atoms with Crippen LogP contribution in [0.2, 0.25) is 0 Å². The third kappa shape index (κ3) is 3.30. The summed E-state index contributed by atoms with van der Waals surface area (Å²) in [5, 5.41) is 17.1. The number of thiazole rings is 1. The minimum atomic E-state index is -0.381. The molecule has 0 aliphatic carbocycles.